The standard InChI is InChI=1S/C23H23ClFN3O/c1-2-19(27-23(29)13-3-5-14(24)6-4-13)22-17-10-16(11-18(17)22)28-12-26-20-8-7-15(25)9-21(20)28/h3-9,12,16-19,22H,2,10-11H2,1H3,(H,27,29)/t16-,17-,18+,19?,22+. The molecule has 0 spiro atoms. The van der Waals surface area contributed by atoms with Gasteiger partial charge in [0.05, 0.1) is 17.4 Å². The summed E-state index contributed by atoms with van der Waals surface area (Å²) in [5.74, 6) is 1.49. The maximum atomic E-state index is 13.7. The molecule has 1 aromatic heterocycles. The van der Waals surface area contributed by atoms with Crippen molar-refractivity contribution >= 4 is 28.5 Å². The summed E-state index contributed by atoms with van der Waals surface area (Å²) in [6.07, 6.45) is 4.88. The number of benzene rings is 2. The number of nitrogens with zero attached hydrogens (tertiary/aromatic N) is 2. The molecule has 1 heterocycles. The summed E-state index contributed by atoms with van der Waals surface area (Å²) in [6.45, 7) is 2.13. The maximum Gasteiger partial charge on any atom is 0.251 e. The number of halogens is 2. The molecule has 0 aliphatic heterocycles. The molecule has 1 unspecified atom stereocenters. The number of fused-ring (bicyclic) bond motifs is 2. The molecule has 150 valence electrons. The van der Waals surface area contributed by atoms with Crippen LogP contribution in [-0.2, 0) is 0 Å². The molecule has 5 atom stereocenters. The van der Waals surface area contributed by atoms with Crippen LogP contribution in [0.1, 0.15) is 42.6 Å². The van der Waals surface area contributed by atoms with Crippen LogP contribution in [0.15, 0.2) is 48.8 Å². The minimum absolute atomic E-state index is 0.0360. The highest BCUT2D eigenvalue weighted by Gasteiger charge is 2.59. The van der Waals surface area contributed by atoms with Gasteiger partial charge in [0, 0.05) is 22.7 Å². The third kappa shape index (κ3) is 3.31. The Hall–Kier alpha value is -2.40. The lowest BCUT2D eigenvalue weighted by Crippen LogP contribution is -2.37. The van der Waals surface area contributed by atoms with Crippen LogP contribution in [0.3, 0.4) is 0 Å². The molecule has 6 heteroatoms. The third-order valence-electron chi connectivity index (χ3n) is 6.74. The van der Waals surface area contributed by atoms with E-state index < -0.39 is 0 Å². The molecule has 5 rings (SSSR count). The van der Waals surface area contributed by atoms with Gasteiger partial charge in [0.2, 0.25) is 0 Å². The number of rotatable bonds is 5. The van der Waals surface area contributed by atoms with Gasteiger partial charge in [-0.25, -0.2) is 9.37 Å². The molecule has 1 amide bonds. The fourth-order valence-electron chi connectivity index (χ4n) is 5.30. The summed E-state index contributed by atoms with van der Waals surface area (Å²) in [4.78, 5) is 17.0. The Labute approximate surface area is 174 Å². The Morgan fingerprint density at radius 1 is 1.24 bits per heavy atom. The Morgan fingerprint density at radius 2 is 1.97 bits per heavy atom. The van der Waals surface area contributed by atoms with Crippen LogP contribution in [0.5, 0.6) is 0 Å². The van der Waals surface area contributed by atoms with Gasteiger partial charge < -0.3 is 9.88 Å². The number of hydrogen-bond donors (Lipinski definition) is 1. The molecule has 2 aromatic carbocycles. The summed E-state index contributed by atoms with van der Waals surface area (Å²) in [7, 11) is 0. The van der Waals surface area contributed by atoms with E-state index in [1.807, 2.05) is 6.33 Å². The lowest BCUT2D eigenvalue weighted by molar-refractivity contribution is 0.0927. The molecule has 2 saturated carbocycles. The molecular weight excluding hydrogens is 389 g/mol. The fraction of sp³-hybridized carbons (Fsp3) is 0.391. The highest BCUT2D eigenvalue weighted by atomic mass is 35.5. The molecule has 2 aliphatic carbocycles. The van der Waals surface area contributed by atoms with Gasteiger partial charge in [-0.15, -0.1) is 0 Å². The Balaban J connectivity index is 1.25. The molecule has 29 heavy (non-hydrogen) atoms. The predicted molar refractivity (Wildman–Crippen MR) is 111 cm³/mol. The molecule has 2 fully saturated rings. The van der Waals surface area contributed by atoms with Gasteiger partial charge in [-0.05, 0) is 79.5 Å². The Kier molecular flexibility index (Phi) is 4.58. The maximum absolute atomic E-state index is 13.7. The smallest absolute Gasteiger partial charge is 0.251 e. The average molecular weight is 412 g/mol. The number of carbonyl (C=O) groups is 1. The zero-order valence-corrected chi connectivity index (χ0v) is 16.9. The van der Waals surface area contributed by atoms with Gasteiger partial charge in [-0.3, -0.25) is 4.79 Å². The highest BCUT2D eigenvalue weighted by molar-refractivity contribution is 6.30. The van der Waals surface area contributed by atoms with Gasteiger partial charge in [-0.1, -0.05) is 18.5 Å². The Morgan fingerprint density at radius 3 is 2.66 bits per heavy atom. The molecule has 1 N–H and O–H groups in total. The minimum Gasteiger partial charge on any atom is -0.349 e. The van der Waals surface area contributed by atoms with Crippen LogP contribution >= 0.6 is 11.6 Å². The van der Waals surface area contributed by atoms with Crippen molar-refractivity contribution in [3.05, 3.63) is 65.2 Å². The van der Waals surface area contributed by atoms with Crippen molar-refractivity contribution in [3.63, 3.8) is 0 Å². The monoisotopic (exact) mass is 411 g/mol. The van der Waals surface area contributed by atoms with Crippen LogP contribution in [0.4, 0.5) is 4.39 Å². The van der Waals surface area contributed by atoms with E-state index in [0.717, 1.165) is 30.3 Å². The van der Waals surface area contributed by atoms with Crippen molar-refractivity contribution in [1.82, 2.24) is 14.9 Å². The van der Waals surface area contributed by atoms with Gasteiger partial charge in [0.15, 0.2) is 0 Å². The largest absolute Gasteiger partial charge is 0.349 e. The molecule has 0 radical (unpaired) electrons. The summed E-state index contributed by atoms with van der Waals surface area (Å²) in [6, 6.07) is 12.3. The van der Waals surface area contributed by atoms with Crippen molar-refractivity contribution in [2.24, 2.45) is 17.8 Å². The lowest BCUT2D eigenvalue weighted by atomic mass is 9.98. The number of carbonyl (C=O) groups excluding carboxylic acids is 1. The quantitative estimate of drug-likeness (QED) is 0.624. The van der Waals surface area contributed by atoms with Gasteiger partial charge in [0.1, 0.15) is 5.82 Å². The van der Waals surface area contributed by atoms with E-state index in [-0.39, 0.29) is 17.8 Å². The number of amides is 1. The first-order valence-corrected chi connectivity index (χ1v) is 10.6. The van der Waals surface area contributed by atoms with Crippen molar-refractivity contribution < 1.29 is 9.18 Å². The van der Waals surface area contributed by atoms with Gasteiger partial charge in [-0.2, -0.15) is 0 Å². The zero-order chi connectivity index (χ0) is 20.1. The van der Waals surface area contributed by atoms with Crippen LogP contribution in [0.2, 0.25) is 5.02 Å². The Bertz CT molecular complexity index is 1050. The van der Waals surface area contributed by atoms with E-state index in [1.165, 1.54) is 6.07 Å². The topological polar surface area (TPSA) is 46.9 Å². The molecule has 0 bridgehead atoms. The van der Waals surface area contributed by atoms with E-state index >= 15 is 0 Å². The third-order valence-corrected chi connectivity index (χ3v) is 7.00. The summed E-state index contributed by atoms with van der Waals surface area (Å²) >= 11 is 5.92. The molecule has 3 aromatic rings. The predicted octanol–water partition coefficient (Wildman–Crippen LogP) is 5.23. The van der Waals surface area contributed by atoms with Crippen LogP contribution in [0.25, 0.3) is 11.0 Å². The number of imidazole rings is 1. The number of nitrogens with one attached hydrogen (secondary N) is 1. The van der Waals surface area contributed by atoms with E-state index in [4.69, 9.17) is 11.6 Å². The van der Waals surface area contributed by atoms with Gasteiger partial charge in [0.25, 0.3) is 5.91 Å². The molecule has 4 nitrogen and oxygen atoms in total. The second-order valence-electron chi connectivity index (χ2n) is 8.31. The van der Waals surface area contributed by atoms with Crippen molar-refractivity contribution in [1.29, 1.82) is 0 Å². The first kappa shape index (κ1) is 18.6. The van der Waals surface area contributed by atoms with Crippen LogP contribution < -0.4 is 5.32 Å². The van der Waals surface area contributed by atoms with E-state index in [9.17, 15) is 9.18 Å². The normalized spacial score (nSPS) is 26.3. The van der Waals surface area contributed by atoms with E-state index in [0.29, 0.717) is 34.4 Å². The van der Waals surface area contributed by atoms with E-state index in [2.05, 4.69) is 21.8 Å². The average Bonchev–Trinajstić information content (AvgIpc) is 3.06. The number of aromatic nitrogens is 2. The van der Waals surface area contributed by atoms with Crippen molar-refractivity contribution in [2.45, 2.75) is 38.3 Å². The second kappa shape index (κ2) is 7.13. The second-order valence-corrected chi connectivity index (χ2v) is 8.75. The highest BCUT2D eigenvalue weighted by Crippen LogP contribution is 2.62. The summed E-state index contributed by atoms with van der Waals surface area (Å²) in [5.41, 5.74) is 2.35. The SMILES string of the molecule is CCC(NC(=O)c1ccc(Cl)cc1)[C@H]1[C@@H]2C[C@@H](n3cnc4ccc(F)cc43)C[C@@H]21. The van der Waals surface area contributed by atoms with Crippen molar-refractivity contribution in [3.8, 4) is 0 Å². The first-order chi connectivity index (χ1) is 14.0. The summed E-state index contributed by atoms with van der Waals surface area (Å²) in [5, 5.41) is 3.86. The van der Waals surface area contributed by atoms with E-state index in [1.54, 1.807) is 36.4 Å². The summed E-state index contributed by atoms with van der Waals surface area (Å²) < 4.78 is 15.8. The first-order valence-electron chi connectivity index (χ1n) is 10.2. The molecule has 2 aliphatic rings. The minimum atomic E-state index is -0.226. The zero-order valence-electron chi connectivity index (χ0n) is 16.2. The molecule has 0 saturated heterocycles. The van der Waals surface area contributed by atoms with Crippen molar-refractivity contribution in [2.75, 3.05) is 0 Å². The van der Waals surface area contributed by atoms with Crippen LogP contribution in [-0.4, -0.2) is 21.5 Å². The molecular formula is C23H23ClFN3O. The lowest BCUT2D eigenvalue weighted by Gasteiger charge is -2.22. The number of hydrogen-bond acceptors (Lipinski definition) is 2. The fourth-order valence-corrected chi connectivity index (χ4v) is 5.43. The van der Waals surface area contributed by atoms with Gasteiger partial charge >= 0.3 is 0 Å². The van der Waals surface area contributed by atoms with Crippen LogP contribution in [0, 0.1) is 23.6 Å².